The number of rotatable bonds is 8. The van der Waals surface area contributed by atoms with Crippen LogP contribution in [0.2, 0.25) is 0 Å². The Kier molecular flexibility index (Phi) is 6.46. The third kappa shape index (κ3) is 4.79. The Labute approximate surface area is 163 Å². The van der Waals surface area contributed by atoms with Gasteiger partial charge in [0, 0.05) is 11.1 Å². The maximum absolute atomic E-state index is 11.9. The molecule has 2 aromatic carbocycles. The minimum atomic E-state index is -0.349. The molecule has 3 rings (SSSR count). The molecule has 0 aliphatic rings. The summed E-state index contributed by atoms with van der Waals surface area (Å²) in [5.41, 5.74) is 5.28. The molecule has 6 nitrogen and oxygen atoms in total. The first-order valence-electron chi connectivity index (χ1n) is 8.96. The van der Waals surface area contributed by atoms with E-state index >= 15 is 0 Å². The number of benzene rings is 2. The van der Waals surface area contributed by atoms with Gasteiger partial charge in [0.2, 0.25) is 0 Å². The lowest BCUT2D eigenvalue weighted by Crippen LogP contribution is -2.06. The summed E-state index contributed by atoms with van der Waals surface area (Å²) in [4.78, 5) is 11.9. The second kappa shape index (κ2) is 9.41. The van der Waals surface area contributed by atoms with Crippen LogP contribution in [0, 0.1) is 0 Å². The number of para-hydroxylation sites is 1. The van der Waals surface area contributed by atoms with Crippen LogP contribution in [0.5, 0.6) is 5.75 Å². The number of carbonyl (C=O) groups is 1. The van der Waals surface area contributed by atoms with Crippen LogP contribution in [0.4, 0.5) is 0 Å². The van der Waals surface area contributed by atoms with Crippen molar-refractivity contribution in [1.82, 2.24) is 5.43 Å². The van der Waals surface area contributed by atoms with Gasteiger partial charge in [0.05, 0.1) is 32.0 Å². The zero-order valence-electron chi connectivity index (χ0n) is 15.8. The van der Waals surface area contributed by atoms with Crippen molar-refractivity contribution >= 4 is 12.2 Å². The van der Waals surface area contributed by atoms with Gasteiger partial charge in [-0.25, -0.2) is 4.79 Å². The third-order valence-electron chi connectivity index (χ3n) is 4.03. The molecule has 0 unspecified atom stereocenters. The summed E-state index contributed by atoms with van der Waals surface area (Å²) < 4.78 is 16.1. The number of furan rings is 1. The summed E-state index contributed by atoms with van der Waals surface area (Å²) in [5.74, 6) is 1.71. The van der Waals surface area contributed by atoms with Gasteiger partial charge in [-0.05, 0) is 37.3 Å². The molecule has 0 radical (unpaired) electrons. The first-order chi connectivity index (χ1) is 13.7. The predicted molar refractivity (Wildman–Crippen MR) is 108 cm³/mol. The van der Waals surface area contributed by atoms with Crippen molar-refractivity contribution in [1.29, 1.82) is 0 Å². The van der Waals surface area contributed by atoms with Gasteiger partial charge in [-0.1, -0.05) is 30.3 Å². The molecule has 1 aromatic heterocycles. The van der Waals surface area contributed by atoms with Crippen molar-refractivity contribution < 1.29 is 18.7 Å². The molecule has 1 heterocycles. The van der Waals surface area contributed by atoms with Crippen molar-refractivity contribution in [3.63, 3.8) is 0 Å². The van der Waals surface area contributed by atoms with E-state index in [1.807, 2.05) is 42.5 Å². The molecule has 0 amide bonds. The van der Waals surface area contributed by atoms with Gasteiger partial charge in [-0.15, -0.1) is 0 Å². The third-order valence-corrected chi connectivity index (χ3v) is 4.03. The van der Waals surface area contributed by atoms with Gasteiger partial charge in [0.25, 0.3) is 0 Å². The molecule has 1 N–H and O–H groups in total. The highest BCUT2D eigenvalue weighted by molar-refractivity contribution is 5.90. The zero-order chi connectivity index (χ0) is 19.8. The molecule has 0 saturated carbocycles. The topological polar surface area (TPSA) is 73.1 Å². The van der Waals surface area contributed by atoms with Crippen LogP contribution in [0.1, 0.15) is 28.6 Å². The van der Waals surface area contributed by atoms with E-state index in [-0.39, 0.29) is 5.97 Å². The quantitative estimate of drug-likeness (QED) is 0.360. The molecule has 28 heavy (non-hydrogen) atoms. The summed E-state index contributed by atoms with van der Waals surface area (Å²) in [5, 5.41) is 4.19. The summed E-state index contributed by atoms with van der Waals surface area (Å²) in [6.45, 7) is 2.66. The largest absolute Gasteiger partial charge is 0.496 e. The van der Waals surface area contributed by atoms with E-state index in [0.717, 1.165) is 16.9 Å². The van der Waals surface area contributed by atoms with E-state index in [0.29, 0.717) is 30.2 Å². The predicted octanol–water partition coefficient (Wildman–Crippen LogP) is 4.26. The number of carbonyl (C=O) groups excluding carboxylic acids is 1. The summed E-state index contributed by atoms with van der Waals surface area (Å²) in [6.07, 6.45) is 1.61. The number of nitrogens with one attached hydrogen (secondary N) is 1. The minimum absolute atomic E-state index is 0.340. The van der Waals surface area contributed by atoms with Gasteiger partial charge in [0.15, 0.2) is 0 Å². The molecule has 0 aliphatic carbocycles. The molecule has 0 bridgehead atoms. The number of hydrogen-bond acceptors (Lipinski definition) is 6. The van der Waals surface area contributed by atoms with Gasteiger partial charge < -0.3 is 19.3 Å². The van der Waals surface area contributed by atoms with Crippen molar-refractivity contribution in [2.45, 2.75) is 13.5 Å². The standard InChI is InChI=1S/C22H22N2O4/c1-3-27-22(25)17-9-6-8-16(13-17)21-12-11-19(28-21)15-24-23-14-18-7-4-5-10-20(18)26-2/h4-13,15,23H,3,14H2,1-2H3/b24-15-. The number of esters is 1. The maximum Gasteiger partial charge on any atom is 0.338 e. The summed E-state index contributed by atoms with van der Waals surface area (Å²) in [7, 11) is 1.64. The number of hydrogen-bond donors (Lipinski definition) is 1. The fourth-order valence-electron chi connectivity index (χ4n) is 2.68. The minimum Gasteiger partial charge on any atom is -0.496 e. The molecule has 0 saturated heterocycles. The lowest BCUT2D eigenvalue weighted by Gasteiger charge is -2.06. The van der Waals surface area contributed by atoms with Crippen LogP contribution in [0.25, 0.3) is 11.3 Å². The highest BCUT2D eigenvalue weighted by Crippen LogP contribution is 2.23. The lowest BCUT2D eigenvalue weighted by atomic mass is 10.1. The van der Waals surface area contributed by atoms with Crippen molar-refractivity contribution in [3.05, 3.63) is 77.6 Å². The summed E-state index contributed by atoms with van der Waals surface area (Å²) >= 11 is 0. The Morgan fingerprint density at radius 1 is 1.14 bits per heavy atom. The van der Waals surface area contributed by atoms with Crippen LogP contribution in [-0.4, -0.2) is 25.9 Å². The van der Waals surface area contributed by atoms with E-state index in [1.165, 1.54) is 0 Å². The Morgan fingerprint density at radius 3 is 2.82 bits per heavy atom. The number of ether oxygens (including phenoxy) is 2. The molecular weight excluding hydrogens is 356 g/mol. The van der Waals surface area contributed by atoms with Gasteiger partial charge >= 0.3 is 5.97 Å². The van der Waals surface area contributed by atoms with E-state index in [2.05, 4.69) is 10.5 Å². The van der Waals surface area contributed by atoms with Crippen LogP contribution >= 0.6 is 0 Å². The second-order valence-electron chi connectivity index (χ2n) is 5.91. The van der Waals surface area contributed by atoms with E-state index in [4.69, 9.17) is 13.9 Å². The number of hydrazone groups is 1. The lowest BCUT2D eigenvalue weighted by molar-refractivity contribution is 0.0526. The number of nitrogens with zero attached hydrogens (tertiary/aromatic N) is 1. The van der Waals surface area contributed by atoms with E-state index < -0.39 is 0 Å². The first kappa shape index (κ1) is 19.2. The van der Waals surface area contributed by atoms with Crippen LogP contribution in [0.15, 0.2) is 70.2 Å². The first-order valence-corrected chi connectivity index (χ1v) is 8.96. The fraction of sp³-hybridized carbons (Fsp3) is 0.182. The Hall–Kier alpha value is -3.54. The van der Waals surface area contributed by atoms with Crippen molar-refractivity contribution in [2.75, 3.05) is 13.7 Å². The SMILES string of the molecule is CCOC(=O)c1cccc(-c2ccc(/C=N\NCc3ccccc3OC)o2)c1. The number of methoxy groups -OCH3 is 1. The molecule has 6 heteroatoms. The smallest absolute Gasteiger partial charge is 0.338 e. The maximum atomic E-state index is 11.9. The molecule has 3 aromatic rings. The molecule has 144 valence electrons. The Balaban J connectivity index is 1.63. The van der Waals surface area contributed by atoms with E-state index in [9.17, 15) is 4.79 Å². The molecule has 0 fully saturated rings. The monoisotopic (exact) mass is 378 g/mol. The van der Waals surface area contributed by atoms with Crippen LogP contribution in [0.3, 0.4) is 0 Å². The molecular formula is C22H22N2O4. The van der Waals surface area contributed by atoms with Gasteiger partial charge in [-0.3, -0.25) is 0 Å². The Morgan fingerprint density at radius 2 is 2.00 bits per heavy atom. The second-order valence-corrected chi connectivity index (χ2v) is 5.91. The average molecular weight is 378 g/mol. The van der Waals surface area contributed by atoms with Crippen molar-refractivity contribution in [3.8, 4) is 17.1 Å². The highest BCUT2D eigenvalue weighted by atomic mass is 16.5. The fourth-order valence-corrected chi connectivity index (χ4v) is 2.68. The van der Waals surface area contributed by atoms with Gasteiger partial charge in [0.1, 0.15) is 17.3 Å². The van der Waals surface area contributed by atoms with Crippen LogP contribution < -0.4 is 10.2 Å². The molecule has 0 spiro atoms. The van der Waals surface area contributed by atoms with Crippen LogP contribution in [-0.2, 0) is 11.3 Å². The zero-order valence-corrected chi connectivity index (χ0v) is 15.8. The Bertz CT molecular complexity index is 962. The molecule has 0 atom stereocenters. The highest BCUT2D eigenvalue weighted by Gasteiger charge is 2.10. The normalized spacial score (nSPS) is 10.8. The van der Waals surface area contributed by atoms with E-state index in [1.54, 1.807) is 38.4 Å². The van der Waals surface area contributed by atoms with Crippen molar-refractivity contribution in [2.24, 2.45) is 5.10 Å². The average Bonchev–Trinajstić information content (AvgIpc) is 3.21. The molecule has 0 aliphatic heterocycles. The van der Waals surface area contributed by atoms with Gasteiger partial charge in [-0.2, -0.15) is 5.10 Å². The summed E-state index contributed by atoms with van der Waals surface area (Å²) in [6, 6.07) is 18.6.